The molecule has 0 bridgehead atoms. The Balaban J connectivity index is -0.00000104. The van der Waals surface area contributed by atoms with Crippen LogP contribution in [0.5, 0.6) is 0 Å². The zero-order chi connectivity index (χ0) is 69.1. The molecule has 0 aliphatic carbocycles. The average Bonchev–Trinajstić information content (AvgIpc) is 4.30. The van der Waals surface area contributed by atoms with Gasteiger partial charge in [0.1, 0.15) is 12.7 Å². The van der Waals surface area contributed by atoms with Crippen LogP contribution in [0.1, 0.15) is 216 Å². The second-order valence-electron chi connectivity index (χ2n) is 26.7. The lowest BCUT2D eigenvalue weighted by Gasteiger charge is -2.23. The number of carbonyl (C=O) groups is 5. The molecule has 1 fully saturated rings. The zero-order valence-electron chi connectivity index (χ0n) is 59.6. The molecule has 23 nitrogen and oxygen atoms in total. The minimum Gasteiger partial charge on any atom is -0.388 e. The van der Waals surface area contributed by atoms with E-state index in [1.165, 1.54) is 0 Å². The summed E-state index contributed by atoms with van der Waals surface area (Å²) in [5.74, 6) is 3.73. The number of Topliss-reactive ketones (excluding diaryl/α,β-unsaturated/α-hetero) is 5. The van der Waals surface area contributed by atoms with Crippen LogP contribution >= 0.6 is 0 Å². The smallest absolute Gasteiger partial charge is 0.303 e. The molecule has 0 aromatic carbocycles. The van der Waals surface area contributed by atoms with Gasteiger partial charge in [0.2, 0.25) is 0 Å². The molecular weight excluding hydrogens is 1120 g/mol. The van der Waals surface area contributed by atoms with Crippen molar-refractivity contribution in [1.29, 1.82) is 16.2 Å². The van der Waals surface area contributed by atoms with Gasteiger partial charge in [0.05, 0.1) is 54.6 Å². The Kier molecular flexibility index (Phi) is 49.9. The molecule has 2 aliphatic rings. The van der Waals surface area contributed by atoms with Crippen molar-refractivity contribution in [3.05, 3.63) is 24.8 Å². The van der Waals surface area contributed by atoms with Crippen LogP contribution in [0.3, 0.4) is 0 Å². The Morgan fingerprint density at radius 3 is 1.16 bits per heavy atom. The van der Waals surface area contributed by atoms with E-state index >= 15 is 0 Å². The maximum Gasteiger partial charge on any atom is 0.303 e. The zero-order valence-corrected chi connectivity index (χ0v) is 59.6. The number of unbranched alkanes of at least 4 members (excludes halogenated alkanes) is 1. The first-order valence-corrected chi connectivity index (χ1v) is 33.4. The van der Waals surface area contributed by atoms with Gasteiger partial charge >= 0.3 is 5.96 Å². The summed E-state index contributed by atoms with van der Waals surface area (Å²) >= 11 is 0. The summed E-state index contributed by atoms with van der Waals surface area (Å²) in [4.78, 5) is 68.1. The van der Waals surface area contributed by atoms with Crippen molar-refractivity contribution >= 4 is 52.6 Å². The van der Waals surface area contributed by atoms with E-state index in [-0.39, 0.29) is 94.7 Å². The average molecular weight is 1260 g/mol. The van der Waals surface area contributed by atoms with Crippen molar-refractivity contribution < 1.29 is 34.6 Å². The highest BCUT2D eigenvalue weighted by Crippen LogP contribution is 2.13. The van der Waals surface area contributed by atoms with Gasteiger partial charge in [-0.25, -0.2) is 10.8 Å². The largest absolute Gasteiger partial charge is 0.388 e. The van der Waals surface area contributed by atoms with Crippen molar-refractivity contribution in [3.8, 4) is 0 Å². The van der Waals surface area contributed by atoms with E-state index in [1.54, 1.807) is 5.32 Å². The van der Waals surface area contributed by atoms with Crippen molar-refractivity contribution in [2.24, 2.45) is 57.5 Å². The highest BCUT2D eigenvalue weighted by Gasteiger charge is 2.27. The molecule has 23 heteroatoms. The summed E-state index contributed by atoms with van der Waals surface area (Å²) in [6, 6.07) is 1.26. The molecule has 0 aromatic rings. The molecule has 518 valence electrons. The summed E-state index contributed by atoms with van der Waals surface area (Å²) < 4.78 is 0. The molecule has 0 radical (unpaired) electrons. The van der Waals surface area contributed by atoms with Crippen LogP contribution < -0.4 is 65.5 Å². The molecule has 21 N–H and O–H groups in total. The first kappa shape index (κ1) is 88.0. The van der Waals surface area contributed by atoms with Gasteiger partial charge in [-0.2, -0.15) is 0 Å². The Hall–Kier alpha value is -5.17. The minimum absolute atomic E-state index is 0.0410. The Morgan fingerprint density at radius 1 is 0.517 bits per heavy atom. The maximum atomic E-state index is 12.1. The Labute approximate surface area is 540 Å². The van der Waals surface area contributed by atoms with Crippen LogP contribution in [0.25, 0.3) is 0 Å². The number of ketones is 5. The molecular formula is C66H136N18O5+2. The molecule has 2 aliphatic heterocycles. The third-order valence-corrected chi connectivity index (χ3v) is 14.1. The molecule has 0 saturated carbocycles. The number of nitrogens with two attached hydrogens (primary N) is 6. The molecule has 2 rings (SSSR count). The number of nitrogens with zero attached hydrogens (tertiary/aromatic N) is 3. The number of quaternary nitrogens is 2. The fourth-order valence-electron chi connectivity index (χ4n) is 9.68. The van der Waals surface area contributed by atoms with Gasteiger partial charge < -0.3 is 59.7 Å². The second kappa shape index (κ2) is 50.5. The highest BCUT2D eigenvalue weighted by atomic mass is 16.1. The first-order valence-electron chi connectivity index (χ1n) is 33.4. The van der Waals surface area contributed by atoms with E-state index in [9.17, 15) is 24.0 Å². The van der Waals surface area contributed by atoms with E-state index in [0.717, 1.165) is 103 Å². The molecule has 0 aromatic heterocycles. The predicted octanol–water partition coefficient (Wildman–Crippen LogP) is 4.90. The van der Waals surface area contributed by atoms with Gasteiger partial charge in [0.15, 0.2) is 34.9 Å². The lowest BCUT2D eigenvalue weighted by molar-refractivity contribution is -0.529. The Bertz CT molecular complexity index is 2030. The van der Waals surface area contributed by atoms with Crippen molar-refractivity contribution in [2.45, 2.75) is 276 Å². The van der Waals surface area contributed by atoms with Crippen molar-refractivity contribution in [3.63, 3.8) is 0 Å². The SMILES string of the molecule is C=C(N)NCCC[C@H](NC(C)C)C(=O)C(C)C.CC(C)N[C@@H](CCCCC(=N)N)C(=O)C(C)C.CC(C)N[C@@H](CCCN1C=C[NH2+]C1=N)C(=O)C(C)C.CC(C)N[C@@H](CCCN1CC[NH2+]C1=N)C(=O)C(C)C.CC(C)N[C@@H](CCCN=C(N)N)C(=O)C(C)C. The topological polar surface area (TPSA) is 385 Å². The van der Waals surface area contributed by atoms with Crippen molar-refractivity contribution in [1.82, 2.24) is 41.7 Å². The summed E-state index contributed by atoms with van der Waals surface area (Å²) in [6.45, 7) is 48.5. The Morgan fingerprint density at radius 2 is 0.865 bits per heavy atom. The lowest BCUT2D eigenvalue weighted by Crippen LogP contribution is -2.85. The fraction of sp³-hybridized carbons (Fsp3) is 0.803. The number of rotatable bonds is 42. The maximum absolute atomic E-state index is 12.1. The standard InChI is InChI=1S/C14H28N4O.C14H26N4O.2C13H27N3O.C12H26N4O/c2*1-10(2)13(19)12(17-11(3)4)6-5-8-18-9-7-16-14(18)15;1-9(2)13(17)12(16-10(3)4)7-6-8-15-11(5)14;1-9(2)13(17)11(16-10(3)4)7-5-6-8-12(14)15;1-8(2)11(17)10(16-9(3)4)6-5-7-15-12(13)14/h10-12,17H,5-9H2,1-4H3,(H2,15,16);7,9-12,17H,5-6,8H2,1-4H3,(H2,15,16);9-10,12,15-16H,5-8,14H2,1-4H3;9-11,16H,5-8H2,1-4H3,(H3,14,15);8-10,16H,5-7H2,1-4H3,(H4,13,14,15)/p+2/t3*12-;11-;10-/m00000/s1. The van der Waals surface area contributed by atoms with Gasteiger partial charge in [-0.15, -0.1) is 0 Å². The van der Waals surface area contributed by atoms with Gasteiger partial charge in [0.25, 0.3) is 5.96 Å². The summed E-state index contributed by atoms with van der Waals surface area (Å²) in [5.41, 5.74) is 21.2. The van der Waals surface area contributed by atoms with Gasteiger partial charge in [0, 0.05) is 92.4 Å². The molecule has 2 heterocycles. The number of nitrogens with one attached hydrogen (secondary N) is 9. The molecule has 1 saturated heterocycles. The third kappa shape index (κ3) is 46.5. The molecule has 0 spiro atoms. The monoisotopic (exact) mass is 1260 g/mol. The summed E-state index contributed by atoms with van der Waals surface area (Å²) in [5, 5.41) is 45.9. The van der Waals surface area contributed by atoms with E-state index in [2.05, 4.69) is 104 Å². The van der Waals surface area contributed by atoms with E-state index in [4.69, 9.17) is 39.2 Å². The van der Waals surface area contributed by atoms with Crippen LogP contribution in [-0.2, 0) is 24.0 Å². The summed E-state index contributed by atoms with van der Waals surface area (Å²) in [6.07, 6.45) is 13.9. The van der Waals surface area contributed by atoms with Crippen LogP contribution in [0.4, 0.5) is 0 Å². The number of guanidine groups is 3. The summed E-state index contributed by atoms with van der Waals surface area (Å²) in [7, 11) is 0. The highest BCUT2D eigenvalue weighted by molar-refractivity contribution is 5.87. The van der Waals surface area contributed by atoms with E-state index in [1.807, 2.05) is 106 Å². The van der Waals surface area contributed by atoms with Gasteiger partial charge in [-0.1, -0.05) is 151 Å². The number of amidine groups is 1. The predicted molar refractivity (Wildman–Crippen MR) is 370 cm³/mol. The van der Waals surface area contributed by atoms with E-state index in [0.29, 0.717) is 66.7 Å². The quantitative estimate of drug-likeness (QED) is 0.0219. The lowest BCUT2D eigenvalue weighted by atomic mass is 9.96. The molecule has 0 amide bonds. The van der Waals surface area contributed by atoms with E-state index < -0.39 is 0 Å². The van der Waals surface area contributed by atoms with Crippen LogP contribution in [0.15, 0.2) is 29.8 Å². The number of hydrogen-bond donors (Lipinski definition) is 15. The van der Waals surface area contributed by atoms with Gasteiger partial charge in [-0.05, 0) is 64.2 Å². The fourth-order valence-corrected chi connectivity index (χ4v) is 9.68. The molecule has 89 heavy (non-hydrogen) atoms. The minimum atomic E-state index is -0.0933. The van der Waals surface area contributed by atoms with Crippen LogP contribution in [0.2, 0.25) is 0 Å². The number of hydrogen-bond acceptors (Lipinski definition) is 16. The van der Waals surface area contributed by atoms with Gasteiger partial charge in [-0.3, -0.25) is 49.9 Å². The third-order valence-electron chi connectivity index (χ3n) is 14.1. The normalized spacial score (nSPS) is 14.7. The molecule has 0 unspecified atom stereocenters. The number of aliphatic imine (C=N–C) groups is 1. The van der Waals surface area contributed by atoms with Crippen LogP contribution in [0, 0.1) is 45.8 Å². The number of carbonyl (C=O) groups excluding carboxylic acids is 5. The molecule has 5 atom stereocenters. The second-order valence-corrected chi connectivity index (χ2v) is 26.7. The first-order chi connectivity index (χ1) is 41.4. The van der Waals surface area contributed by atoms with Crippen LogP contribution in [-0.4, -0.2) is 162 Å². The van der Waals surface area contributed by atoms with Crippen molar-refractivity contribution in [2.75, 3.05) is 39.3 Å².